The molecule has 1 N–H and O–H groups in total. The van der Waals surface area contributed by atoms with E-state index in [-0.39, 0.29) is 0 Å². The second-order valence-electron chi connectivity index (χ2n) is 4.65. The molecule has 0 aliphatic heterocycles. The molecule has 3 rings (SSSR count). The molecule has 2 heterocycles. The van der Waals surface area contributed by atoms with Crippen molar-refractivity contribution in [2.45, 2.75) is 38.3 Å². The van der Waals surface area contributed by atoms with Gasteiger partial charge in [-0.05, 0) is 40.9 Å². The number of aromatic nitrogens is 2. The summed E-state index contributed by atoms with van der Waals surface area (Å²) in [6.07, 6.45) is 7.33. The maximum absolute atomic E-state index is 4.42. The van der Waals surface area contributed by atoms with Crippen molar-refractivity contribution in [1.29, 1.82) is 0 Å². The predicted molar refractivity (Wildman–Crippen MR) is 72.0 cm³/mol. The van der Waals surface area contributed by atoms with Gasteiger partial charge in [-0.3, -0.25) is 4.40 Å². The zero-order chi connectivity index (χ0) is 11.7. The van der Waals surface area contributed by atoms with E-state index >= 15 is 0 Å². The SMILES string of the molecule is Brc1cccc2ncc(CNC3CCCC3)n12. The average Bonchev–Trinajstić information content (AvgIpc) is 2.95. The van der Waals surface area contributed by atoms with Crippen LogP contribution in [0.25, 0.3) is 5.65 Å². The van der Waals surface area contributed by atoms with Crippen LogP contribution in [-0.2, 0) is 6.54 Å². The summed E-state index contributed by atoms with van der Waals surface area (Å²) in [5.41, 5.74) is 2.22. The molecule has 0 spiro atoms. The van der Waals surface area contributed by atoms with E-state index in [0.717, 1.165) is 16.8 Å². The maximum atomic E-state index is 4.42. The third kappa shape index (κ3) is 2.24. The molecule has 0 atom stereocenters. The highest BCUT2D eigenvalue weighted by atomic mass is 79.9. The van der Waals surface area contributed by atoms with Gasteiger partial charge in [-0.1, -0.05) is 18.9 Å². The minimum Gasteiger partial charge on any atom is -0.308 e. The highest BCUT2D eigenvalue weighted by molar-refractivity contribution is 9.10. The molecule has 0 saturated heterocycles. The van der Waals surface area contributed by atoms with E-state index in [9.17, 15) is 0 Å². The molecule has 2 aromatic heterocycles. The highest BCUT2D eigenvalue weighted by Crippen LogP contribution is 2.19. The van der Waals surface area contributed by atoms with Crippen LogP contribution >= 0.6 is 15.9 Å². The van der Waals surface area contributed by atoms with E-state index in [1.165, 1.54) is 31.4 Å². The Bertz CT molecular complexity index is 514. The zero-order valence-electron chi connectivity index (χ0n) is 9.69. The van der Waals surface area contributed by atoms with Crippen LogP contribution in [0.5, 0.6) is 0 Å². The van der Waals surface area contributed by atoms with E-state index in [1.54, 1.807) is 0 Å². The Morgan fingerprint density at radius 3 is 3.00 bits per heavy atom. The Morgan fingerprint density at radius 2 is 2.18 bits per heavy atom. The van der Waals surface area contributed by atoms with Crippen molar-refractivity contribution in [3.63, 3.8) is 0 Å². The van der Waals surface area contributed by atoms with E-state index in [2.05, 4.69) is 30.6 Å². The molecule has 0 aromatic carbocycles. The monoisotopic (exact) mass is 293 g/mol. The molecule has 90 valence electrons. The fourth-order valence-electron chi connectivity index (χ4n) is 2.56. The minimum atomic E-state index is 0.697. The predicted octanol–water partition coefficient (Wildman–Crippen LogP) is 3.13. The van der Waals surface area contributed by atoms with Gasteiger partial charge in [-0.25, -0.2) is 4.98 Å². The molecule has 0 bridgehead atoms. The Balaban J connectivity index is 1.80. The summed E-state index contributed by atoms with van der Waals surface area (Å²) in [5, 5.41) is 3.62. The molecule has 1 aliphatic carbocycles. The smallest absolute Gasteiger partial charge is 0.137 e. The number of pyridine rings is 1. The van der Waals surface area contributed by atoms with Crippen molar-refractivity contribution < 1.29 is 0 Å². The van der Waals surface area contributed by atoms with Gasteiger partial charge in [0.25, 0.3) is 0 Å². The van der Waals surface area contributed by atoms with Gasteiger partial charge in [0.05, 0.1) is 16.5 Å². The van der Waals surface area contributed by atoms with Crippen LogP contribution in [-0.4, -0.2) is 15.4 Å². The number of rotatable bonds is 3. The molecule has 17 heavy (non-hydrogen) atoms. The normalized spacial score (nSPS) is 17.0. The van der Waals surface area contributed by atoms with Crippen LogP contribution in [0, 0.1) is 0 Å². The van der Waals surface area contributed by atoms with Gasteiger partial charge in [0.2, 0.25) is 0 Å². The summed E-state index contributed by atoms with van der Waals surface area (Å²) < 4.78 is 3.22. The standard InChI is InChI=1S/C13H16BrN3/c14-12-6-3-7-13-16-9-11(17(12)13)8-15-10-4-1-2-5-10/h3,6-7,9-10,15H,1-2,4-5,8H2. The van der Waals surface area contributed by atoms with Gasteiger partial charge in [0, 0.05) is 12.6 Å². The lowest BCUT2D eigenvalue weighted by Gasteiger charge is -2.11. The second-order valence-corrected chi connectivity index (χ2v) is 5.47. The van der Waals surface area contributed by atoms with Gasteiger partial charge in [-0.15, -0.1) is 0 Å². The van der Waals surface area contributed by atoms with Crippen molar-refractivity contribution in [3.8, 4) is 0 Å². The number of nitrogens with one attached hydrogen (secondary N) is 1. The van der Waals surface area contributed by atoms with E-state index in [4.69, 9.17) is 0 Å². The molecule has 3 nitrogen and oxygen atoms in total. The van der Waals surface area contributed by atoms with Crippen LogP contribution in [0.4, 0.5) is 0 Å². The number of nitrogens with zero attached hydrogens (tertiary/aromatic N) is 2. The molecule has 0 radical (unpaired) electrons. The molecular weight excluding hydrogens is 278 g/mol. The van der Waals surface area contributed by atoms with Crippen LogP contribution in [0.3, 0.4) is 0 Å². The van der Waals surface area contributed by atoms with Crippen molar-refractivity contribution in [1.82, 2.24) is 14.7 Å². The number of halogens is 1. The molecule has 1 aliphatic rings. The van der Waals surface area contributed by atoms with Crippen LogP contribution < -0.4 is 5.32 Å². The van der Waals surface area contributed by atoms with Crippen molar-refractivity contribution in [2.75, 3.05) is 0 Å². The lowest BCUT2D eigenvalue weighted by molar-refractivity contribution is 0.518. The number of fused-ring (bicyclic) bond motifs is 1. The van der Waals surface area contributed by atoms with E-state index in [0.29, 0.717) is 6.04 Å². The molecule has 4 heteroatoms. The third-order valence-corrected chi connectivity index (χ3v) is 4.10. The van der Waals surface area contributed by atoms with Crippen LogP contribution in [0.15, 0.2) is 29.0 Å². The number of hydrogen-bond donors (Lipinski definition) is 1. The summed E-state index contributed by atoms with van der Waals surface area (Å²) in [7, 11) is 0. The Morgan fingerprint density at radius 1 is 1.35 bits per heavy atom. The van der Waals surface area contributed by atoms with Crippen molar-refractivity contribution >= 4 is 21.6 Å². The zero-order valence-corrected chi connectivity index (χ0v) is 11.3. The first-order valence-electron chi connectivity index (χ1n) is 6.19. The fourth-order valence-corrected chi connectivity index (χ4v) is 3.12. The molecule has 2 aromatic rings. The summed E-state index contributed by atoms with van der Waals surface area (Å²) in [6.45, 7) is 0.897. The maximum Gasteiger partial charge on any atom is 0.137 e. The molecule has 0 amide bonds. The van der Waals surface area contributed by atoms with Gasteiger partial charge < -0.3 is 5.32 Å². The summed E-state index contributed by atoms with van der Waals surface area (Å²) in [5.74, 6) is 0. The summed E-state index contributed by atoms with van der Waals surface area (Å²) >= 11 is 3.58. The van der Waals surface area contributed by atoms with Crippen LogP contribution in [0.1, 0.15) is 31.4 Å². The van der Waals surface area contributed by atoms with Gasteiger partial charge >= 0.3 is 0 Å². The minimum absolute atomic E-state index is 0.697. The topological polar surface area (TPSA) is 29.3 Å². The van der Waals surface area contributed by atoms with Crippen LogP contribution in [0.2, 0.25) is 0 Å². The Labute approximate surface area is 109 Å². The lowest BCUT2D eigenvalue weighted by Crippen LogP contribution is -2.25. The average molecular weight is 294 g/mol. The first-order chi connectivity index (χ1) is 8.34. The van der Waals surface area contributed by atoms with Crippen molar-refractivity contribution in [2.24, 2.45) is 0 Å². The van der Waals surface area contributed by atoms with E-state index < -0.39 is 0 Å². The first-order valence-corrected chi connectivity index (χ1v) is 6.98. The van der Waals surface area contributed by atoms with Crippen molar-refractivity contribution in [3.05, 3.63) is 34.7 Å². The molecule has 1 fully saturated rings. The molecular formula is C13H16BrN3. The largest absolute Gasteiger partial charge is 0.308 e. The van der Waals surface area contributed by atoms with E-state index in [1.807, 2.05) is 24.4 Å². The fraction of sp³-hybridized carbons (Fsp3) is 0.462. The quantitative estimate of drug-likeness (QED) is 0.881. The number of imidazole rings is 1. The Hall–Kier alpha value is -0.870. The molecule has 0 unspecified atom stereocenters. The summed E-state index contributed by atoms with van der Waals surface area (Å²) in [4.78, 5) is 4.42. The highest BCUT2D eigenvalue weighted by Gasteiger charge is 2.15. The first kappa shape index (κ1) is 11.2. The van der Waals surface area contributed by atoms with Gasteiger partial charge in [-0.2, -0.15) is 0 Å². The Kier molecular flexibility index (Phi) is 3.16. The molecule has 1 saturated carbocycles. The summed E-state index contributed by atoms with van der Waals surface area (Å²) in [6, 6.07) is 6.79. The second kappa shape index (κ2) is 4.78. The third-order valence-electron chi connectivity index (χ3n) is 3.48. The van der Waals surface area contributed by atoms with Gasteiger partial charge in [0.1, 0.15) is 5.65 Å². The number of hydrogen-bond acceptors (Lipinski definition) is 2. The van der Waals surface area contributed by atoms with Gasteiger partial charge in [0.15, 0.2) is 0 Å². The lowest BCUT2D eigenvalue weighted by atomic mass is 10.2.